The molecule has 1 heterocycles. The number of nitrogens with one attached hydrogen (secondary N) is 1. The quantitative estimate of drug-likeness (QED) is 0.660. The molecule has 2 aliphatic rings. The molecule has 3 unspecified atom stereocenters. The molecule has 2 fully saturated rings. The Morgan fingerprint density at radius 2 is 2.24 bits per heavy atom. The maximum atomic E-state index is 12.3. The van der Waals surface area contributed by atoms with Crippen LogP contribution in [0.25, 0.3) is 0 Å². The number of nitrogens with zero attached hydrogens (tertiary/aromatic N) is 1. The lowest BCUT2D eigenvalue weighted by atomic mass is 9.76. The van der Waals surface area contributed by atoms with Gasteiger partial charge in [0.05, 0.1) is 6.54 Å². The van der Waals surface area contributed by atoms with Gasteiger partial charge < -0.3 is 16.0 Å². The summed E-state index contributed by atoms with van der Waals surface area (Å²) >= 11 is 0. The number of carbonyl (C=O) groups excluding carboxylic acids is 2. The van der Waals surface area contributed by atoms with Crippen molar-refractivity contribution in [1.29, 1.82) is 0 Å². The minimum Gasteiger partial charge on any atom is -0.353 e. The van der Waals surface area contributed by atoms with Gasteiger partial charge in [0, 0.05) is 25.0 Å². The Morgan fingerprint density at radius 3 is 2.94 bits per heavy atom. The van der Waals surface area contributed by atoms with Crippen LogP contribution in [-0.2, 0) is 9.59 Å². The average molecular weight is 239 g/mol. The highest BCUT2D eigenvalue weighted by molar-refractivity contribution is 5.87. The number of rotatable bonds is 1. The Labute approximate surface area is 102 Å². The molecule has 0 aromatic heterocycles. The monoisotopic (exact) mass is 239 g/mol. The molecule has 5 nitrogen and oxygen atoms in total. The van der Waals surface area contributed by atoms with Crippen molar-refractivity contribution >= 4 is 11.8 Å². The van der Waals surface area contributed by atoms with Crippen LogP contribution in [0.3, 0.4) is 0 Å². The zero-order valence-corrected chi connectivity index (χ0v) is 10.3. The van der Waals surface area contributed by atoms with Crippen LogP contribution in [0, 0.1) is 11.8 Å². The lowest BCUT2D eigenvalue weighted by Gasteiger charge is -2.37. The second-order valence-electron chi connectivity index (χ2n) is 5.17. The van der Waals surface area contributed by atoms with E-state index in [9.17, 15) is 9.59 Å². The summed E-state index contributed by atoms with van der Waals surface area (Å²) in [6, 6.07) is 0.122. The molecule has 2 rings (SSSR count). The van der Waals surface area contributed by atoms with Gasteiger partial charge in [-0.05, 0) is 18.8 Å². The number of nitrogens with two attached hydrogens (primary N) is 1. The van der Waals surface area contributed by atoms with Crippen LogP contribution in [0.5, 0.6) is 0 Å². The van der Waals surface area contributed by atoms with Crippen LogP contribution < -0.4 is 11.1 Å². The number of carbonyl (C=O) groups is 2. The molecule has 0 spiro atoms. The van der Waals surface area contributed by atoms with E-state index in [1.807, 2.05) is 0 Å². The fourth-order valence-corrected chi connectivity index (χ4v) is 2.81. The second-order valence-corrected chi connectivity index (χ2v) is 5.17. The molecule has 1 saturated carbocycles. The van der Waals surface area contributed by atoms with Gasteiger partial charge >= 0.3 is 0 Å². The van der Waals surface area contributed by atoms with Crippen molar-refractivity contribution in [3.8, 4) is 0 Å². The maximum Gasteiger partial charge on any atom is 0.239 e. The highest BCUT2D eigenvalue weighted by Crippen LogP contribution is 2.30. The minimum absolute atomic E-state index is 0.00431. The molecule has 0 bridgehead atoms. The summed E-state index contributed by atoms with van der Waals surface area (Å²) in [5.41, 5.74) is 6.01. The third-order valence-electron chi connectivity index (χ3n) is 4.03. The van der Waals surface area contributed by atoms with E-state index < -0.39 is 0 Å². The first-order valence-corrected chi connectivity index (χ1v) is 6.40. The average Bonchev–Trinajstić information content (AvgIpc) is 2.32. The number of hydrogen-bond donors (Lipinski definition) is 2. The van der Waals surface area contributed by atoms with Gasteiger partial charge in [-0.3, -0.25) is 9.59 Å². The third kappa shape index (κ3) is 2.60. The molecule has 1 aliphatic carbocycles. The SMILES string of the molecule is CC1C(N)CCCC1C(=O)N1CCNC(=O)C1. The fraction of sp³-hybridized carbons (Fsp3) is 0.833. The lowest BCUT2D eigenvalue weighted by Crippen LogP contribution is -2.53. The zero-order chi connectivity index (χ0) is 12.4. The summed E-state index contributed by atoms with van der Waals surface area (Å²) in [6.07, 6.45) is 2.93. The zero-order valence-electron chi connectivity index (χ0n) is 10.3. The van der Waals surface area contributed by atoms with Gasteiger partial charge in [0.15, 0.2) is 0 Å². The molecular weight excluding hydrogens is 218 g/mol. The number of hydrogen-bond acceptors (Lipinski definition) is 3. The molecule has 17 heavy (non-hydrogen) atoms. The molecule has 3 atom stereocenters. The first kappa shape index (κ1) is 12.4. The Kier molecular flexibility index (Phi) is 3.66. The number of piperazine rings is 1. The highest BCUT2D eigenvalue weighted by Gasteiger charge is 2.36. The summed E-state index contributed by atoms with van der Waals surface area (Å²) in [4.78, 5) is 25.3. The van der Waals surface area contributed by atoms with Gasteiger partial charge in [0.2, 0.25) is 11.8 Å². The molecule has 96 valence electrons. The van der Waals surface area contributed by atoms with Gasteiger partial charge in [-0.15, -0.1) is 0 Å². The normalized spacial score (nSPS) is 34.4. The Morgan fingerprint density at radius 1 is 1.47 bits per heavy atom. The predicted octanol–water partition coefficient (Wildman–Crippen LogP) is -0.292. The van der Waals surface area contributed by atoms with Crippen LogP contribution in [0.2, 0.25) is 0 Å². The molecule has 0 aromatic carbocycles. The van der Waals surface area contributed by atoms with Crippen LogP contribution in [0.15, 0.2) is 0 Å². The van der Waals surface area contributed by atoms with Crippen molar-refractivity contribution in [3.05, 3.63) is 0 Å². The van der Waals surface area contributed by atoms with Gasteiger partial charge in [0.25, 0.3) is 0 Å². The van der Waals surface area contributed by atoms with E-state index in [-0.39, 0.29) is 36.2 Å². The molecule has 0 radical (unpaired) electrons. The number of amides is 2. The van der Waals surface area contributed by atoms with Gasteiger partial charge in [0.1, 0.15) is 0 Å². The lowest BCUT2D eigenvalue weighted by molar-refractivity contribution is -0.143. The Hall–Kier alpha value is -1.10. The molecule has 1 aliphatic heterocycles. The van der Waals surface area contributed by atoms with Crippen LogP contribution >= 0.6 is 0 Å². The van der Waals surface area contributed by atoms with Crippen LogP contribution in [0.4, 0.5) is 0 Å². The van der Waals surface area contributed by atoms with Gasteiger partial charge in [-0.25, -0.2) is 0 Å². The first-order valence-electron chi connectivity index (χ1n) is 6.40. The summed E-state index contributed by atoms with van der Waals surface area (Å²) in [7, 11) is 0. The van der Waals surface area contributed by atoms with E-state index in [4.69, 9.17) is 5.73 Å². The summed E-state index contributed by atoms with van der Waals surface area (Å²) in [5.74, 6) is 0.283. The maximum absolute atomic E-state index is 12.3. The molecule has 0 aromatic rings. The fourth-order valence-electron chi connectivity index (χ4n) is 2.81. The molecule has 2 amide bonds. The Balaban J connectivity index is 2.00. The van der Waals surface area contributed by atoms with Crippen molar-refractivity contribution in [2.75, 3.05) is 19.6 Å². The first-order chi connectivity index (χ1) is 8.09. The molecule has 1 saturated heterocycles. The van der Waals surface area contributed by atoms with E-state index >= 15 is 0 Å². The van der Waals surface area contributed by atoms with E-state index in [0.29, 0.717) is 13.1 Å². The second kappa shape index (κ2) is 5.04. The van der Waals surface area contributed by atoms with Crippen LogP contribution in [0.1, 0.15) is 26.2 Å². The minimum atomic E-state index is -0.0580. The van der Waals surface area contributed by atoms with Crippen molar-refractivity contribution in [2.24, 2.45) is 17.6 Å². The van der Waals surface area contributed by atoms with Crippen molar-refractivity contribution in [3.63, 3.8) is 0 Å². The van der Waals surface area contributed by atoms with Crippen molar-refractivity contribution in [1.82, 2.24) is 10.2 Å². The highest BCUT2D eigenvalue weighted by atomic mass is 16.2. The van der Waals surface area contributed by atoms with Crippen LogP contribution in [-0.4, -0.2) is 42.4 Å². The molecule has 5 heteroatoms. The largest absolute Gasteiger partial charge is 0.353 e. The summed E-state index contributed by atoms with van der Waals surface area (Å²) in [5, 5.41) is 2.73. The van der Waals surface area contributed by atoms with E-state index in [2.05, 4.69) is 12.2 Å². The molecular formula is C12H21N3O2. The van der Waals surface area contributed by atoms with Crippen molar-refractivity contribution in [2.45, 2.75) is 32.2 Å². The van der Waals surface area contributed by atoms with Gasteiger partial charge in [-0.1, -0.05) is 13.3 Å². The van der Waals surface area contributed by atoms with E-state index in [1.165, 1.54) is 0 Å². The smallest absolute Gasteiger partial charge is 0.239 e. The standard InChI is InChI=1S/C12H21N3O2/c1-8-9(3-2-4-10(8)13)12(17)15-6-5-14-11(16)7-15/h8-10H,2-7,13H2,1H3,(H,14,16). The van der Waals surface area contributed by atoms with E-state index in [0.717, 1.165) is 19.3 Å². The topological polar surface area (TPSA) is 75.4 Å². The van der Waals surface area contributed by atoms with Crippen molar-refractivity contribution < 1.29 is 9.59 Å². The summed E-state index contributed by atoms with van der Waals surface area (Å²) in [6.45, 7) is 3.45. The summed E-state index contributed by atoms with van der Waals surface area (Å²) < 4.78 is 0. The Bertz CT molecular complexity index is 319. The third-order valence-corrected chi connectivity index (χ3v) is 4.03. The predicted molar refractivity (Wildman–Crippen MR) is 64.1 cm³/mol. The van der Waals surface area contributed by atoms with E-state index in [1.54, 1.807) is 4.90 Å². The molecule has 3 N–H and O–H groups in total. The van der Waals surface area contributed by atoms with Gasteiger partial charge in [-0.2, -0.15) is 0 Å².